The van der Waals surface area contributed by atoms with E-state index in [1.165, 1.54) is 11.1 Å². The van der Waals surface area contributed by atoms with E-state index in [9.17, 15) is 4.79 Å². The fourth-order valence-electron chi connectivity index (χ4n) is 4.39. The SMILES string of the molecule is CCC(C)=N/C(C)=C(\C=C(\C)CC)C(=O)N(CCC(C)CC)Cc1ccc(OC(CCNC)c2ccccc2)cc1. The Balaban J connectivity index is 2.34. The molecule has 2 atom stereocenters. The van der Waals surface area contributed by atoms with Crippen molar-refractivity contribution in [3.05, 3.63) is 88.6 Å². The van der Waals surface area contributed by atoms with Gasteiger partial charge >= 0.3 is 0 Å². The Morgan fingerprint density at radius 1 is 0.976 bits per heavy atom. The number of carbonyl (C=O) groups excluding carboxylic acids is 1. The van der Waals surface area contributed by atoms with Gasteiger partial charge in [-0.1, -0.05) is 82.2 Å². The molecule has 1 amide bonds. The first-order valence-corrected chi connectivity index (χ1v) is 15.4. The first-order chi connectivity index (χ1) is 19.7. The third kappa shape index (κ3) is 11.7. The van der Waals surface area contributed by atoms with E-state index in [-0.39, 0.29) is 12.0 Å². The summed E-state index contributed by atoms with van der Waals surface area (Å²) in [6, 6.07) is 18.6. The van der Waals surface area contributed by atoms with Crippen LogP contribution in [-0.2, 0) is 11.3 Å². The Kier molecular flexibility index (Phi) is 15.2. The Morgan fingerprint density at radius 3 is 2.24 bits per heavy atom. The molecule has 0 spiro atoms. The summed E-state index contributed by atoms with van der Waals surface area (Å²) in [6.07, 6.45) is 6.70. The van der Waals surface area contributed by atoms with E-state index in [4.69, 9.17) is 9.73 Å². The van der Waals surface area contributed by atoms with Crippen molar-refractivity contribution < 1.29 is 9.53 Å². The van der Waals surface area contributed by atoms with Gasteiger partial charge in [-0.15, -0.1) is 0 Å². The molecule has 2 rings (SSSR count). The van der Waals surface area contributed by atoms with Gasteiger partial charge in [0, 0.05) is 30.9 Å². The fourth-order valence-corrected chi connectivity index (χ4v) is 4.39. The highest BCUT2D eigenvalue weighted by molar-refractivity contribution is 5.97. The lowest BCUT2D eigenvalue weighted by Gasteiger charge is -2.26. The van der Waals surface area contributed by atoms with Crippen LogP contribution in [-0.4, -0.2) is 36.7 Å². The van der Waals surface area contributed by atoms with E-state index in [1.807, 2.05) is 50.1 Å². The third-order valence-corrected chi connectivity index (χ3v) is 7.72. The molecule has 5 heteroatoms. The first-order valence-electron chi connectivity index (χ1n) is 15.4. The van der Waals surface area contributed by atoms with Crippen LogP contribution in [0.5, 0.6) is 5.75 Å². The molecule has 0 heterocycles. The number of hydrogen-bond donors (Lipinski definition) is 1. The zero-order valence-corrected chi connectivity index (χ0v) is 26.8. The second-order valence-corrected chi connectivity index (χ2v) is 11.1. The lowest BCUT2D eigenvalue weighted by molar-refractivity contribution is -0.127. The number of allylic oxidation sites excluding steroid dienone is 2. The molecule has 0 bridgehead atoms. The van der Waals surface area contributed by atoms with Gasteiger partial charge in [-0.2, -0.15) is 0 Å². The maximum absolute atomic E-state index is 14.1. The number of carbonyl (C=O) groups is 1. The van der Waals surface area contributed by atoms with Crippen LogP contribution in [0.3, 0.4) is 0 Å². The minimum Gasteiger partial charge on any atom is -0.486 e. The van der Waals surface area contributed by atoms with Crippen molar-refractivity contribution in [2.45, 2.75) is 93.2 Å². The van der Waals surface area contributed by atoms with E-state index >= 15 is 0 Å². The molecule has 2 unspecified atom stereocenters. The summed E-state index contributed by atoms with van der Waals surface area (Å²) in [6.45, 7) is 16.9. The second-order valence-electron chi connectivity index (χ2n) is 11.1. The van der Waals surface area contributed by atoms with Gasteiger partial charge in [0.2, 0.25) is 0 Å². The Morgan fingerprint density at radius 2 is 1.66 bits per heavy atom. The monoisotopic (exact) mass is 559 g/mol. The van der Waals surface area contributed by atoms with Crippen LogP contribution in [0.2, 0.25) is 0 Å². The largest absolute Gasteiger partial charge is 0.486 e. The average molecular weight is 560 g/mol. The summed E-state index contributed by atoms with van der Waals surface area (Å²) < 4.78 is 6.43. The van der Waals surface area contributed by atoms with Crippen LogP contribution in [0.25, 0.3) is 0 Å². The molecule has 0 radical (unpaired) electrons. The lowest BCUT2D eigenvalue weighted by atomic mass is 10.0. The summed E-state index contributed by atoms with van der Waals surface area (Å²) in [4.78, 5) is 20.9. The van der Waals surface area contributed by atoms with Crippen LogP contribution in [0.15, 0.2) is 82.5 Å². The van der Waals surface area contributed by atoms with Gasteiger partial charge in [0.05, 0.1) is 5.57 Å². The molecular weight excluding hydrogens is 506 g/mol. The average Bonchev–Trinajstić information content (AvgIpc) is 3.00. The highest BCUT2D eigenvalue weighted by Gasteiger charge is 2.21. The summed E-state index contributed by atoms with van der Waals surface area (Å²) in [7, 11) is 1.96. The number of nitrogens with one attached hydrogen (secondary N) is 1. The minimum atomic E-state index is -0.0282. The Labute approximate surface area is 249 Å². The molecule has 1 N–H and O–H groups in total. The van der Waals surface area contributed by atoms with Crippen LogP contribution in [0.1, 0.15) is 97.8 Å². The molecule has 0 saturated heterocycles. The zero-order valence-electron chi connectivity index (χ0n) is 26.8. The quantitative estimate of drug-likeness (QED) is 0.120. The van der Waals surface area contributed by atoms with E-state index < -0.39 is 0 Å². The van der Waals surface area contributed by atoms with Crippen molar-refractivity contribution in [3.8, 4) is 5.75 Å². The summed E-state index contributed by atoms with van der Waals surface area (Å²) in [5, 5.41) is 3.23. The van der Waals surface area contributed by atoms with Gasteiger partial charge in [-0.25, -0.2) is 0 Å². The van der Waals surface area contributed by atoms with Crippen molar-refractivity contribution in [1.82, 2.24) is 10.2 Å². The second kappa shape index (κ2) is 18.3. The van der Waals surface area contributed by atoms with E-state index in [2.05, 4.69) is 76.3 Å². The molecule has 2 aromatic carbocycles. The van der Waals surface area contributed by atoms with E-state index in [0.717, 1.165) is 61.4 Å². The number of aliphatic imine (C=N–C) groups is 1. The van der Waals surface area contributed by atoms with Crippen LogP contribution < -0.4 is 10.1 Å². The number of ether oxygens (including phenoxy) is 1. The number of nitrogens with zero attached hydrogens (tertiary/aromatic N) is 2. The van der Waals surface area contributed by atoms with Crippen LogP contribution in [0.4, 0.5) is 0 Å². The van der Waals surface area contributed by atoms with Gasteiger partial charge < -0.3 is 15.0 Å². The smallest absolute Gasteiger partial charge is 0.255 e. The molecule has 5 nitrogen and oxygen atoms in total. The zero-order chi connectivity index (χ0) is 30.2. The van der Waals surface area contributed by atoms with Crippen molar-refractivity contribution in [3.63, 3.8) is 0 Å². The molecule has 0 aromatic heterocycles. The topological polar surface area (TPSA) is 53.9 Å². The van der Waals surface area contributed by atoms with E-state index in [0.29, 0.717) is 24.6 Å². The predicted octanol–water partition coefficient (Wildman–Crippen LogP) is 8.68. The molecule has 0 fully saturated rings. The number of hydrogen-bond acceptors (Lipinski definition) is 4. The van der Waals surface area contributed by atoms with Crippen molar-refractivity contribution in [1.29, 1.82) is 0 Å². The predicted molar refractivity (Wildman–Crippen MR) is 174 cm³/mol. The van der Waals surface area contributed by atoms with Crippen molar-refractivity contribution >= 4 is 11.6 Å². The maximum atomic E-state index is 14.1. The highest BCUT2D eigenvalue weighted by Crippen LogP contribution is 2.26. The highest BCUT2D eigenvalue weighted by atomic mass is 16.5. The number of rotatable bonds is 17. The maximum Gasteiger partial charge on any atom is 0.255 e. The summed E-state index contributed by atoms with van der Waals surface area (Å²) in [5.41, 5.74) is 5.93. The van der Waals surface area contributed by atoms with Crippen molar-refractivity contribution in [2.75, 3.05) is 20.1 Å². The number of amides is 1. The molecular formula is C36H53N3O2. The third-order valence-electron chi connectivity index (χ3n) is 7.72. The molecule has 2 aromatic rings. The molecule has 224 valence electrons. The molecule has 0 aliphatic heterocycles. The Hall–Kier alpha value is -3.18. The summed E-state index contributed by atoms with van der Waals surface area (Å²) in [5.74, 6) is 1.43. The molecule has 41 heavy (non-hydrogen) atoms. The van der Waals surface area contributed by atoms with Gasteiger partial charge in [-0.05, 0) is 88.9 Å². The molecule has 0 saturated carbocycles. The van der Waals surface area contributed by atoms with Gasteiger partial charge in [0.1, 0.15) is 11.9 Å². The van der Waals surface area contributed by atoms with E-state index in [1.54, 1.807) is 0 Å². The lowest BCUT2D eigenvalue weighted by Crippen LogP contribution is -2.33. The van der Waals surface area contributed by atoms with Crippen molar-refractivity contribution in [2.24, 2.45) is 10.9 Å². The Bertz CT molecular complexity index is 1150. The van der Waals surface area contributed by atoms with Gasteiger partial charge in [0.15, 0.2) is 0 Å². The van der Waals surface area contributed by atoms with Crippen LogP contribution in [0, 0.1) is 5.92 Å². The summed E-state index contributed by atoms with van der Waals surface area (Å²) >= 11 is 0. The van der Waals surface area contributed by atoms with Gasteiger partial charge in [0.25, 0.3) is 5.91 Å². The normalized spacial score (nSPS) is 14.3. The standard InChI is InChI=1S/C36H53N3O2/c1-9-27(4)22-24-39(36(40)34(25-28(5)10-2)30(7)38-29(6)11-3)26-31-17-19-33(20-18-31)41-35(21-23-37-8)32-15-13-12-14-16-32/h12-20,25,27,35,37H,9-11,21-24,26H2,1-8H3/b28-25-,34-30+,38-29?. The molecule has 0 aliphatic rings. The molecule has 0 aliphatic carbocycles. The number of benzene rings is 2. The first kappa shape index (κ1) is 34.0. The van der Waals surface area contributed by atoms with Gasteiger partial charge in [-0.3, -0.25) is 9.79 Å². The van der Waals surface area contributed by atoms with Crippen LogP contribution >= 0.6 is 0 Å². The fraction of sp³-hybridized carbons (Fsp3) is 0.500. The minimum absolute atomic E-state index is 0.0282.